The van der Waals surface area contributed by atoms with Crippen molar-refractivity contribution >= 4 is 21.6 Å². The molecule has 16 heavy (non-hydrogen) atoms. The van der Waals surface area contributed by atoms with Crippen LogP contribution in [-0.2, 0) is 16.6 Å². The maximum atomic E-state index is 11.6. The molecule has 0 saturated heterocycles. The van der Waals surface area contributed by atoms with Gasteiger partial charge in [0.05, 0.1) is 5.02 Å². The molecule has 90 valence electrons. The Morgan fingerprint density at radius 3 is 2.62 bits per heavy atom. The smallest absolute Gasteiger partial charge is 0.241 e. The summed E-state index contributed by atoms with van der Waals surface area (Å²) in [4.78, 5) is 0.118. The van der Waals surface area contributed by atoms with Gasteiger partial charge in [0.2, 0.25) is 10.0 Å². The number of sulfonamides is 1. The summed E-state index contributed by atoms with van der Waals surface area (Å²) in [6.07, 6.45) is 0. The Morgan fingerprint density at radius 2 is 2.06 bits per heavy atom. The Morgan fingerprint density at radius 1 is 1.38 bits per heavy atom. The average Bonchev–Trinajstić information content (AvgIpc) is 2.27. The third kappa shape index (κ3) is 3.18. The van der Waals surface area contributed by atoms with Gasteiger partial charge in [-0.2, -0.15) is 0 Å². The minimum atomic E-state index is -3.49. The quantitative estimate of drug-likeness (QED) is 0.842. The Balaban J connectivity index is 3.09. The highest BCUT2D eigenvalue weighted by molar-refractivity contribution is 7.89. The predicted octanol–water partition coefficient (Wildman–Crippen LogP) is 1.36. The van der Waals surface area contributed by atoms with Gasteiger partial charge in [-0.25, -0.2) is 13.1 Å². The molecule has 6 heteroatoms. The zero-order valence-corrected chi connectivity index (χ0v) is 10.8. The molecule has 0 bridgehead atoms. The molecule has 0 fully saturated rings. The van der Waals surface area contributed by atoms with Crippen molar-refractivity contribution in [1.82, 2.24) is 10.0 Å². The summed E-state index contributed by atoms with van der Waals surface area (Å²) in [5, 5.41) is 3.35. The van der Waals surface area contributed by atoms with E-state index in [4.69, 9.17) is 11.6 Å². The van der Waals surface area contributed by atoms with Crippen LogP contribution < -0.4 is 10.0 Å². The van der Waals surface area contributed by atoms with Gasteiger partial charge in [-0.1, -0.05) is 24.6 Å². The Hall–Kier alpha value is -0.620. The van der Waals surface area contributed by atoms with E-state index in [2.05, 4.69) is 10.0 Å². The van der Waals surface area contributed by atoms with Crippen LogP contribution in [0.2, 0.25) is 5.02 Å². The van der Waals surface area contributed by atoms with Gasteiger partial charge in [-0.05, 0) is 31.3 Å². The molecular formula is C10H15ClN2O2S. The van der Waals surface area contributed by atoms with Gasteiger partial charge in [0.25, 0.3) is 0 Å². The summed E-state index contributed by atoms with van der Waals surface area (Å²) in [5.41, 5.74) is 0.889. The second kappa shape index (κ2) is 5.63. The first-order valence-electron chi connectivity index (χ1n) is 4.94. The van der Waals surface area contributed by atoms with Crippen LogP contribution in [-0.4, -0.2) is 22.0 Å². The summed E-state index contributed by atoms with van der Waals surface area (Å²) in [6.45, 7) is 3.44. The Kier molecular flexibility index (Phi) is 4.73. The molecule has 1 aromatic rings. The number of halogens is 1. The largest absolute Gasteiger partial charge is 0.313 e. The van der Waals surface area contributed by atoms with E-state index in [9.17, 15) is 8.42 Å². The average molecular weight is 263 g/mol. The van der Waals surface area contributed by atoms with Crippen LogP contribution >= 0.6 is 11.6 Å². The van der Waals surface area contributed by atoms with E-state index >= 15 is 0 Å². The number of rotatable bonds is 5. The normalized spacial score (nSPS) is 11.7. The van der Waals surface area contributed by atoms with E-state index in [0.29, 0.717) is 6.54 Å². The van der Waals surface area contributed by atoms with Gasteiger partial charge < -0.3 is 5.32 Å². The molecule has 0 unspecified atom stereocenters. The van der Waals surface area contributed by atoms with Crippen LogP contribution in [0.3, 0.4) is 0 Å². The highest BCUT2D eigenvalue weighted by Crippen LogP contribution is 2.22. The van der Waals surface area contributed by atoms with E-state index < -0.39 is 10.0 Å². The van der Waals surface area contributed by atoms with E-state index in [-0.39, 0.29) is 9.92 Å². The minimum absolute atomic E-state index is 0.118. The molecule has 0 heterocycles. The van der Waals surface area contributed by atoms with E-state index in [1.807, 2.05) is 6.92 Å². The van der Waals surface area contributed by atoms with Gasteiger partial charge in [0, 0.05) is 6.54 Å². The summed E-state index contributed by atoms with van der Waals surface area (Å²) in [7, 11) is -2.12. The van der Waals surface area contributed by atoms with Gasteiger partial charge in [0.1, 0.15) is 4.90 Å². The van der Waals surface area contributed by atoms with Gasteiger partial charge >= 0.3 is 0 Å². The number of nitrogens with one attached hydrogen (secondary N) is 2. The Labute approximate surface area is 101 Å². The highest BCUT2D eigenvalue weighted by atomic mass is 35.5. The third-order valence-electron chi connectivity index (χ3n) is 2.13. The monoisotopic (exact) mass is 262 g/mol. The van der Waals surface area contributed by atoms with E-state index in [0.717, 1.165) is 12.1 Å². The molecular weight excluding hydrogens is 248 g/mol. The summed E-state index contributed by atoms with van der Waals surface area (Å²) in [5.74, 6) is 0. The van der Waals surface area contributed by atoms with Crippen LogP contribution in [0.25, 0.3) is 0 Å². The molecule has 0 atom stereocenters. The first kappa shape index (κ1) is 13.4. The molecule has 0 spiro atoms. The topological polar surface area (TPSA) is 58.2 Å². The van der Waals surface area contributed by atoms with E-state index in [1.54, 1.807) is 18.2 Å². The first-order valence-corrected chi connectivity index (χ1v) is 6.80. The van der Waals surface area contributed by atoms with Gasteiger partial charge in [-0.3, -0.25) is 0 Å². The van der Waals surface area contributed by atoms with Crippen molar-refractivity contribution < 1.29 is 8.42 Å². The molecule has 4 nitrogen and oxygen atoms in total. The summed E-state index contributed by atoms with van der Waals surface area (Å²) < 4.78 is 25.5. The molecule has 0 radical (unpaired) electrons. The van der Waals surface area contributed by atoms with Crippen molar-refractivity contribution in [2.45, 2.75) is 18.4 Å². The zero-order chi connectivity index (χ0) is 12.2. The van der Waals surface area contributed by atoms with Crippen molar-refractivity contribution in [2.75, 3.05) is 13.6 Å². The van der Waals surface area contributed by atoms with Gasteiger partial charge in [-0.15, -0.1) is 0 Å². The predicted molar refractivity (Wildman–Crippen MR) is 65.1 cm³/mol. The summed E-state index contributed by atoms with van der Waals surface area (Å²) in [6, 6.07) is 4.98. The summed E-state index contributed by atoms with van der Waals surface area (Å²) >= 11 is 5.85. The highest BCUT2D eigenvalue weighted by Gasteiger charge is 2.15. The van der Waals surface area contributed by atoms with Gasteiger partial charge in [0.15, 0.2) is 0 Å². The molecule has 0 amide bonds. The maximum Gasteiger partial charge on any atom is 0.241 e. The molecule has 0 aromatic heterocycles. The van der Waals surface area contributed by atoms with Crippen molar-refractivity contribution in [3.8, 4) is 0 Å². The molecule has 0 aliphatic carbocycles. The van der Waals surface area contributed by atoms with Crippen LogP contribution in [0, 0.1) is 0 Å². The third-order valence-corrected chi connectivity index (χ3v) is 4.03. The van der Waals surface area contributed by atoms with Crippen LogP contribution in [0.4, 0.5) is 0 Å². The standard InChI is InChI=1S/C10H15ClN2O2S/c1-3-13-7-8-4-5-9(11)10(6-8)16(14,15)12-2/h4-6,12-13H,3,7H2,1-2H3. The van der Waals surface area contributed by atoms with Crippen LogP contribution in [0.5, 0.6) is 0 Å². The molecule has 2 N–H and O–H groups in total. The Bertz CT molecular complexity index is 460. The molecule has 0 aliphatic heterocycles. The molecule has 0 saturated carbocycles. The second-order valence-corrected chi connectivity index (χ2v) is 5.51. The SMILES string of the molecule is CCNCc1ccc(Cl)c(S(=O)(=O)NC)c1. The van der Waals surface area contributed by atoms with Crippen molar-refractivity contribution in [3.63, 3.8) is 0 Å². The van der Waals surface area contributed by atoms with Crippen molar-refractivity contribution in [1.29, 1.82) is 0 Å². The second-order valence-electron chi connectivity index (χ2n) is 3.25. The lowest BCUT2D eigenvalue weighted by molar-refractivity contribution is 0.588. The first-order chi connectivity index (χ1) is 7.51. The molecule has 1 rings (SSSR count). The maximum absolute atomic E-state index is 11.6. The zero-order valence-electron chi connectivity index (χ0n) is 9.25. The fourth-order valence-electron chi connectivity index (χ4n) is 1.24. The number of hydrogen-bond acceptors (Lipinski definition) is 3. The fourth-order valence-corrected chi connectivity index (χ4v) is 2.52. The van der Waals surface area contributed by atoms with E-state index in [1.165, 1.54) is 7.05 Å². The van der Waals surface area contributed by atoms with Crippen LogP contribution in [0.1, 0.15) is 12.5 Å². The lowest BCUT2D eigenvalue weighted by Gasteiger charge is -2.08. The minimum Gasteiger partial charge on any atom is -0.313 e. The van der Waals surface area contributed by atoms with Crippen molar-refractivity contribution in [2.24, 2.45) is 0 Å². The number of benzene rings is 1. The van der Waals surface area contributed by atoms with Crippen molar-refractivity contribution in [3.05, 3.63) is 28.8 Å². The lowest BCUT2D eigenvalue weighted by atomic mass is 10.2. The molecule has 1 aromatic carbocycles. The van der Waals surface area contributed by atoms with Crippen LogP contribution in [0.15, 0.2) is 23.1 Å². The number of hydrogen-bond donors (Lipinski definition) is 2. The lowest BCUT2D eigenvalue weighted by Crippen LogP contribution is -2.19. The fraction of sp³-hybridized carbons (Fsp3) is 0.400. The molecule has 0 aliphatic rings.